The van der Waals surface area contributed by atoms with E-state index in [1.807, 2.05) is 0 Å². The zero-order valence-corrected chi connectivity index (χ0v) is 13.8. The molecule has 0 spiro atoms. The predicted octanol–water partition coefficient (Wildman–Crippen LogP) is 3.20. The van der Waals surface area contributed by atoms with Crippen molar-refractivity contribution in [3.05, 3.63) is 39.3 Å². The smallest absolute Gasteiger partial charge is 0.259 e. The van der Waals surface area contributed by atoms with Crippen LogP contribution in [0.4, 0.5) is 4.39 Å². The molecule has 0 saturated carbocycles. The van der Waals surface area contributed by atoms with E-state index >= 15 is 0 Å². The number of nitrogens with one attached hydrogen (secondary N) is 1. The minimum atomic E-state index is -1.31. The SMILES string of the molecule is C#CCOc1cc(Cc2n[nH]c([S+](C)[O-])c2Cl)c(F)cc1Cl. The first kappa shape index (κ1) is 17.0. The minimum absolute atomic E-state index is 0.0208. The highest BCUT2D eigenvalue weighted by atomic mass is 35.5. The van der Waals surface area contributed by atoms with Gasteiger partial charge in [0, 0.05) is 17.6 Å². The molecule has 1 atom stereocenters. The Bertz CT molecular complexity index is 728. The van der Waals surface area contributed by atoms with Crippen molar-refractivity contribution < 1.29 is 13.7 Å². The van der Waals surface area contributed by atoms with E-state index in [4.69, 9.17) is 34.4 Å². The molecule has 2 aromatic rings. The predicted molar refractivity (Wildman–Crippen MR) is 84.5 cm³/mol. The van der Waals surface area contributed by atoms with Gasteiger partial charge in [0.1, 0.15) is 29.5 Å². The van der Waals surface area contributed by atoms with Crippen molar-refractivity contribution in [3.8, 4) is 18.1 Å². The van der Waals surface area contributed by atoms with Gasteiger partial charge in [0.05, 0.1) is 10.7 Å². The second-order valence-electron chi connectivity index (χ2n) is 4.31. The van der Waals surface area contributed by atoms with Crippen LogP contribution in [-0.2, 0) is 17.6 Å². The quantitative estimate of drug-likeness (QED) is 0.657. The van der Waals surface area contributed by atoms with Gasteiger partial charge in [-0.05, 0) is 17.7 Å². The van der Waals surface area contributed by atoms with Crippen LogP contribution in [0.5, 0.6) is 5.75 Å². The van der Waals surface area contributed by atoms with Crippen LogP contribution >= 0.6 is 23.2 Å². The molecule has 8 heteroatoms. The van der Waals surface area contributed by atoms with Crippen LogP contribution in [0.2, 0.25) is 10.0 Å². The Labute approximate surface area is 140 Å². The van der Waals surface area contributed by atoms with Gasteiger partial charge in [0.2, 0.25) is 0 Å². The molecule has 0 fully saturated rings. The Morgan fingerprint density at radius 2 is 2.23 bits per heavy atom. The summed E-state index contributed by atoms with van der Waals surface area (Å²) in [5, 5.41) is 7.20. The van der Waals surface area contributed by atoms with Gasteiger partial charge < -0.3 is 9.29 Å². The average molecular weight is 361 g/mol. The molecule has 0 amide bonds. The lowest BCUT2D eigenvalue weighted by molar-refractivity contribution is 0.369. The van der Waals surface area contributed by atoms with Crippen LogP contribution in [0.25, 0.3) is 0 Å². The number of aromatic amines is 1. The van der Waals surface area contributed by atoms with Crippen LogP contribution in [0, 0.1) is 18.2 Å². The zero-order chi connectivity index (χ0) is 16.3. The van der Waals surface area contributed by atoms with Gasteiger partial charge in [-0.15, -0.1) is 6.42 Å². The van der Waals surface area contributed by atoms with Crippen molar-refractivity contribution in [1.29, 1.82) is 0 Å². The molecule has 4 nitrogen and oxygen atoms in total. The van der Waals surface area contributed by atoms with E-state index in [9.17, 15) is 8.94 Å². The molecule has 116 valence electrons. The maximum Gasteiger partial charge on any atom is 0.259 e. The van der Waals surface area contributed by atoms with Gasteiger partial charge in [-0.1, -0.05) is 29.1 Å². The molecular formula is C14H11Cl2FN2O2S. The van der Waals surface area contributed by atoms with E-state index in [0.717, 1.165) is 6.07 Å². The fourth-order valence-electron chi connectivity index (χ4n) is 1.77. The molecule has 1 unspecified atom stereocenters. The Morgan fingerprint density at radius 3 is 2.82 bits per heavy atom. The maximum absolute atomic E-state index is 14.0. The summed E-state index contributed by atoms with van der Waals surface area (Å²) in [5.41, 5.74) is 0.675. The Kier molecular flexibility index (Phi) is 5.59. The number of terminal acetylenes is 1. The highest BCUT2D eigenvalue weighted by Gasteiger charge is 2.20. The Balaban J connectivity index is 2.31. The van der Waals surface area contributed by atoms with Crippen molar-refractivity contribution in [1.82, 2.24) is 10.2 Å². The Hall–Kier alpha value is -1.39. The van der Waals surface area contributed by atoms with Crippen molar-refractivity contribution >= 4 is 34.4 Å². The number of halogens is 3. The molecule has 1 N–H and O–H groups in total. The first-order valence-electron chi connectivity index (χ1n) is 6.04. The number of hydrogen-bond donors (Lipinski definition) is 1. The number of nitrogens with zero attached hydrogens (tertiary/aromatic N) is 1. The second kappa shape index (κ2) is 7.25. The summed E-state index contributed by atoms with van der Waals surface area (Å²) >= 11 is 10.7. The number of rotatable bonds is 5. The summed E-state index contributed by atoms with van der Waals surface area (Å²) < 4.78 is 30.7. The monoisotopic (exact) mass is 360 g/mol. The molecule has 0 bridgehead atoms. The number of ether oxygens (including phenoxy) is 1. The third kappa shape index (κ3) is 3.68. The lowest BCUT2D eigenvalue weighted by Crippen LogP contribution is -2.00. The largest absolute Gasteiger partial charge is 0.610 e. The summed E-state index contributed by atoms with van der Waals surface area (Å²) in [7, 11) is 0. The molecule has 0 aliphatic carbocycles. The van der Waals surface area contributed by atoms with E-state index in [1.54, 1.807) is 0 Å². The summed E-state index contributed by atoms with van der Waals surface area (Å²) in [6.45, 7) is 0.0208. The fourth-order valence-corrected chi connectivity index (χ4v) is 3.00. The third-order valence-electron chi connectivity index (χ3n) is 2.80. The van der Waals surface area contributed by atoms with E-state index in [0.29, 0.717) is 16.3 Å². The molecule has 0 aliphatic heterocycles. The number of benzene rings is 1. The van der Waals surface area contributed by atoms with Gasteiger partial charge in [0.15, 0.2) is 0 Å². The zero-order valence-electron chi connectivity index (χ0n) is 11.5. The maximum atomic E-state index is 14.0. The normalized spacial score (nSPS) is 12.0. The standard InChI is InChI=1S/C14H11Cl2FN2O2S/c1-3-4-21-12-6-8(10(17)7-9(12)15)5-11-13(16)14(19-18-11)22(2)20/h1,6-7H,4-5H2,2H3,(H,18,19). The van der Waals surface area contributed by atoms with Crippen molar-refractivity contribution in [2.24, 2.45) is 0 Å². The average Bonchev–Trinajstić information content (AvgIpc) is 2.82. The lowest BCUT2D eigenvalue weighted by atomic mass is 10.1. The molecule has 1 heterocycles. The van der Waals surface area contributed by atoms with Crippen LogP contribution in [-0.4, -0.2) is 27.6 Å². The van der Waals surface area contributed by atoms with E-state index in [1.165, 1.54) is 12.3 Å². The molecule has 0 aliphatic rings. The number of aromatic nitrogens is 2. The van der Waals surface area contributed by atoms with E-state index in [-0.39, 0.29) is 28.8 Å². The van der Waals surface area contributed by atoms with Gasteiger partial charge in [0.25, 0.3) is 5.03 Å². The van der Waals surface area contributed by atoms with Crippen molar-refractivity contribution in [3.63, 3.8) is 0 Å². The highest BCUT2D eigenvalue weighted by Crippen LogP contribution is 2.31. The fraction of sp³-hybridized carbons (Fsp3) is 0.214. The van der Waals surface area contributed by atoms with Crippen LogP contribution < -0.4 is 4.74 Å². The van der Waals surface area contributed by atoms with E-state index in [2.05, 4.69) is 16.1 Å². The first-order chi connectivity index (χ1) is 10.4. The first-order valence-corrected chi connectivity index (χ1v) is 8.35. The third-order valence-corrected chi connectivity index (χ3v) is 4.49. The lowest BCUT2D eigenvalue weighted by Gasteiger charge is -2.09. The second-order valence-corrected chi connectivity index (χ2v) is 6.41. The summed E-state index contributed by atoms with van der Waals surface area (Å²) in [6, 6.07) is 2.59. The number of H-pyrrole nitrogens is 1. The van der Waals surface area contributed by atoms with Gasteiger partial charge in [-0.3, -0.25) is 0 Å². The summed E-state index contributed by atoms with van der Waals surface area (Å²) in [4.78, 5) is 0. The molecule has 22 heavy (non-hydrogen) atoms. The number of hydrogen-bond acceptors (Lipinski definition) is 3. The highest BCUT2D eigenvalue weighted by molar-refractivity contribution is 7.90. The van der Waals surface area contributed by atoms with E-state index < -0.39 is 17.0 Å². The molecule has 1 aromatic carbocycles. The van der Waals surface area contributed by atoms with Crippen molar-refractivity contribution in [2.75, 3.05) is 12.9 Å². The van der Waals surface area contributed by atoms with Crippen molar-refractivity contribution in [2.45, 2.75) is 11.4 Å². The van der Waals surface area contributed by atoms with Crippen LogP contribution in [0.1, 0.15) is 11.3 Å². The van der Waals surface area contributed by atoms with Gasteiger partial charge >= 0.3 is 0 Å². The minimum Gasteiger partial charge on any atom is -0.610 e. The summed E-state index contributed by atoms with van der Waals surface area (Å²) in [6.07, 6.45) is 6.69. The topological polar surface area (TPSA) is 61.0 Å². The molecular weight excluding hydrogens is 350 g/mol. The van der Waals surface area contributed by atoms with Crippen LogP contribution in [0.15, 0.2) is 17.2 Å². The molecule has 0 saturated heterocycles. The Morgan fingerprint density at radius 1 is 1.50 bits per heavy atom. The molecule has 0 radical (unpaired) electrons. The molecule has 1 aromatic heterocycles. The van der Waals surface area contributed by atoms with Gasteiger partial charge in [-0.25, -0.2) is 9.49 Å². The molecule has 2 rings (SSSR count). The van der Waals surface area contributed by atoms with Crippen LogP contribution in [0.3, 0.4) is 0 Å². The van der Waals surface area contributed by atoms with Gasteiger partial charge in [-0.2, -0.15) is 5.10 Å². The summed E-state index contributed by atoms with van der Waals surface area (Å²) in [5.74, 6) is 2.07.